The van der Waals surface area contributed by atoms with Gasteiger partial charge in [0.25, 0.3) is 0 Å². The first-order valence-electron chi connectivity index (χ1n) is 6.45. The molecule has 19 heavy (non-hydrogen) atoms. The first kappa shape index (κ1) is 14.8. The Morgan fingerprint density at radius 1 is 1.05 bits per heavy atom. The van der Waals surface area contributed by atoms with Gasteiger partial charge in [0.15, 0.2) is 19.7 Å². The first-order chi connectivity index (χ1) is 8.74. The van der Waals surface area contributed by atoms with Crippen molar-refractivity contribution in [2.24, 2.45) is 5.92 Å². The summed E-state index contributed by atoms with van der Waals surface area (Å²) in [4.78, 5) is 13.9. The van der Waals surface area contributed by atoms with E-state index < -0.39 is 25.6 Å². The minimum absolute atomic E-state index is 0.00600. The Morgan fingerprint density at radius 2 is 1.63 bits per heavy atom. The minimum atomic E-state index is -3.09. The Hall–Kier alpha value is -0.630. The van der Waals surface area contributed by atoms with Gasteiger partial charge in [-0.1, -0.05) is 0 Å². The van der Waals surface area contributed by atoms with E-state index in [1.807, 2.05) is 0 Å². The van der Waals surface area contributed by atoms with E-state index in [4.69, 9.17) is 0 Å². The van der Waals surface area contributed by atoms with E-state index in [1.165, 1.54) is 0 Å². The Labute approximate surface area is 114 Å². The van der Waals surface area contributed by atoms with Crippen molar-refractivity contribution >= 4 is 25.6 Å². The van der Waals surface area contributed by atoms with Gasteiger partial charge in [0.05, 0.1) is 28.9 Å². The number of rotatable bonds is 3. The SMILES string of the molecule is CCN(C(=O)C1CCS(=O)(=O)C1)C1CCS(=O)(=O)C1. The highest BCUT2D eigenvalue weighted by molar-refractivity contribution is 7.91. The molecule has 0 aromatic rings. The third-order valence-corrected chi connectivity index (χ3v) is 7.37. The van der Waals surface area contributed by atoms with Gasteiger partial charge in [0.1, 0.15) is 0 Å². The summed E-state index contributed by atoms with van der Waals surface area (Å²) in [5.41, 5.74) is 0. The first-order valence-corrected chi connectivity index (χ1v) is 10.1. The normalized spacial score (nSPS) is 32.3. The maximum absolute atomic E-state index is 12.3. The van der Waals surface area contributed by atoms with Crippen molar-refractivity contribution in [1.29, 1.82) is 0 Å². The molecule has 0 radical (unpaired) electrons. The molecule has 0 bridgehead atoms. The number of sulfone groups is 2. The fourth-order valence-electron chi connectivity index (χ4n) is 2.84. The molecule has 0 aromatic carbocycles. The van der Waals surface area contributed by atoms with Gasteiger partial charge in [-0.05, 0) is 19.8 Å². The van der Waals surface area contributed by atoms with E-state index in [0.717, 1.165) is 0 Å². The van der Waals surface area contributed by atoms with Crippen LogP contribution in [0.3, 0.4) is 0 Å². The van der Waals surface area contributed by atoms with Gasteiger partial charge in [0, 0.05) is 12.6 Å². The molecule has 2 saturated heterocycles. The molecule has 2 aliphatic rings. The van der Waals surface area contributed by atoms with Crippen LogP contribution in [0.2, 0.25) is 0 Å². The van der Waals surface area contributed by atoms with Gasteiger partial charge in [0.2, 0.25) is 5.91 Å². The lowest BCUT2D eigenvalue weighted by Gasteiger charge is -2.29. The van der Waals surface area contributed by atoms with Gasteiger partial charge < -0.3 is 4.90 Å². The lowest BCUT2D eigenvalue weighted by Crippen LogP contribution is -2.44. The summed E-state index contributed by atoms with van der Waals surface area (Å²) >= 11 is 0. The smallest absolute Gasteiger partial charge is 0.227 e. The Bertz CT molecular complexity index is 566. The molecule has 0 saturated carbocycles. The van der Waals surface area contributed by atoms with Crippen LogP contribution >= 0.6 is 0 Å². The third kappa shape index (κ3) is 3.28. The highest BCUT2D eigenvalue weighted by Gasteiger charge is 2.39. The third-order valence-electron chi connectivity index (χ3n) is 3.85. The molecule has 6 nitrogen and oxygen atoms in total. The second-order valence-corrected chi connectivity index (χ2v) is 9.74. The molecular formula is C11H19NO5S2. The van der Waals surface area contributed by atoms with Crippen molar-refractivity contribution in [3.63, 3.8) is 0 Å². The van der Waals surface area contributed by atoms with Crippen LogP contribution < -0.4 is 0 Å². The average molecular weight is 309 g/mol. The number of nitrogens with zero attached hydrogens (tertiary/aromatic N) is 1. The van der Waals surface area contributed by atoms with Crippen molar-refractivity contribution < 1.29 is 21.6 Å². The van der Waals surface area contributed by atoms with Crippen molar-refractivity contribution in [2.45, 2.75) is 25.8 Å². The van der Waals surface area contributed by atoms with Gasteiger partial charge in [-0.3, -0.25) is 4.79 Å². The van der Waals surface area contributed by atoms with Crippen LogP contribution in [0, 0.1) is 5.92 Å². The van der Waals surface area contributed by atoms with Crippen molar-refractivity contribution in [2.75, 3.05) is 29.6 Å². The Morgan fingerprint density at radius 3 is 2.05 bits per heavy atom. The van der Waals surface area contributed by atoms with Crippen molar-refractivity contribution in [1.82, 2.24) is 4.90 Å². The molecule has 2 rings (SSSR count). The standard InChI is InChI=1S/C11H19NO5S2/c1-2-12(10-4-6-19(16,17)8-10)11(13)9-3-5-18(14,15)7-9/h9-10H,2-8H2,1H3. The molecule has 8 heteroatoms. The molecule has 0 aromatic heterocycles. The van der Waals surface area contributed by atoms with E-state index in [1.54, 1.807) is 11.8 Å². The van der Waals surface area contributed by atoms with Gasteiger partial charge in [-0.25, -0.2) is 16.8 Å². The zero-order chi connectivity index (χ0) is 14.3. The lowest BCUT2D eigenvalue weighted by molar-refractivity contribution is -0.136. The second-order valence-electron chi connectivity index (χ2n) is 5.28. The van der Waals surface area contributed by atoms with E-state index >= 15 is 0 Å². The zero-order valence-electron chi connectivity index (χ0n) is 10.9. The maximum Gasteiger partial charge on any atom is 0.227 e. The summed E-state index contributed by atoms with van der Waals surface area (Å²) in [6.45, 7) is 2.22. The molecule has 2 atom stereocenters. The van der Waals surface area contributed by atoms with Crippen LogP contribution in [-0.4, -0.2) is 63.2 Å². The number of carbonyl (C=O) groups excluding carboxylic acids is 1. The summed E-state index contributed by atoms with van der Waals surface area (Å²) < 4.78 is 45.8. The van der Waals surface area contributed by atoms with Crippen LogP contribution in [0.15, 0.2) is 0 Å². The number of hydrogen-bond donors (Lipinski definition) is 0. The molecular weight excluding hydrogens is 290 g/mol. The zero-order valence-corrected chi connectivity index (χ0v) is 12.5. The summed E-state index contributed by atoms with van der Waals surface area (Å²) in [6, 6.07) is -0.286. The summed E-state index contributed by atoms with van der Waals surface area (Å²) in [6.07, 6.45) is 0.818. The summed E-state index contributed by atoms with van der Waals surface area (Å²) in [5.74, 6) is -0.610. The van der Waals surface area contributed by atoms with Crippen molar-refractivity contribution in [3.8, 4) is 0 Å². The highest BCUT2D eigenvalue weighted by atomic mass is 32.2. The monoisotopic (exact) mass is 309 g/mol. The maximum atomic E-state index is 12.3. The molecule has 2 fully saturated rings. The number of carbonyl (C=O) groups is 1. The second kappa shape index (κ2) is 5.05. The van der Waals surface area contributed by atoms with E-state index in [9.17, 15) is 21.6 Å². The lowest BCUT2D eigenvalue weighted by atomic mass is 10.1. The van der Waals surface area contributed by atoms with Crippen LogP contribution in [-0.2, 0) is 24.5 Å². The van der Waals surface area contributed by atoms with Gasteiger partial charge in [-0.15, -0.1) is 0 Å². The molecule has 0 N–H and O–H groups in total. The van der Waals surface area contributed by atoms with Crippen molar-refractivity contribution in [3.05, 3.63) is 0 Å². The van der Waals surface area contributed by atoms with E-state index in [2.05, 4.69) is 0 Å². The topological polar surface area (TPSA) is 88.6 Å². The van der Waals surface area contributed by atoms with E-state index in [-0.39, 0.29) is 35.0 Å². The molecule has 0 aliphatic carbocycles. The Kier molecular flexibility index (Phi) is 3.92. The fraction of sp³-hybridized carbons (Fsp3) is 0.909. The fourth-order valence-corrected chi connectivity index (χ4v) is 6.30. The molecule has 110 valence electrons. The molecule has 1 amide bonds. The molecule has 2 unspecified atom stereocenters. The molecule has 2 aliphatic heterocycles. The molecule has 2 heterocycles. The largest absolute Gasteiger partial charge is 0.339 e. The number of amides is 1. The van der Waals surface area contributed by atoms with Crippen LogP contribution in [0.5, 0.6) is 0 Å². The quantitative estimate of drug-likeness (QED) is 0.698. The Balaban J connectivity index is 2.08. The van der Waals surface area contributed by atoms with Gasteiger partial charge >= 0.3 is 0 Å². The number of hydrogen-bond acceptors (Lipinski definition) is 5. The van der Waals surface area contributed by atoms with E-state index in [0.29, 0.717) is 19.4 Å². The molecule has 0 spiro atoms. The highest BCUT2D eigenvalue weighted by Crippen LogP contribution is 2.24. The van der Waals surface area contributed by atoms with Crippen LogP contribution in [0.25, 0.3) is 0 Å². The predicted molar refractivity (Wildman–Crippen MR) is 71.2 cm³/mol. The van der Waals surface area contributed by atoms with Gasteiger partial charge in [-0.2, -0.15) is 0 Å². The minimum Gasteiger partial charge on any atom is -0.339 e. The van der Waals surface area contributed by atoms with Crippen LogP contribution in [0.1, 0.15) is 19.8 Å². The average Bonchev–Trinajstić information content (AvgIpc) is 2.82. The predicted octanol–water partition coefficient (Wildman–Crippen LogP) is -0.543. The summed E-state index contributed by atoms with van der Waals surface area (Å²) in [5, 5.41) is 0. The summed E-state index contributed by atoms with van der Waals surface area (Å²) in [7, 11) is -6.14. The van der Waals surface area contributed by atoms with Crippen LogP contribution in [0.4, 0.5) is 0 Å².